The maximum Gasteiger partial charge on any atom is 0.165 e. The van der Waals surface area contributed by atoms with Crippen LogP contribution in [0.1, 0.15) is 19.8 Å². The number of hydrogen-bond donors (Lipinski definition) is 3. The van der Waals surface area contributed by atoms with Crippen LogP contribution in [0, 0.1) is 0 Å². The molecule has 84 valence electrons. The third-order valence-electron chi connectivity index (χ3n) is 2.48. The molecule has 4 nitrogen and oxygen atoms in total. The first-order valence-corrected chi connectivity index (χ1v) is 6.21. The smallest absolute Gasteiger partial charge is 0.165 e. The molecule has 1 atom stereocenters. The number of H-pyrrole nitrogens is 1. The Morgan fingerprint density at radius 1 is 1.73 bits per heavy atom. The monoisotopic (exact) mass is 227 g/mol. The Kier molecular flexibility index (Phi) is 3.33. The zero-order chi connectivity index (χ0) is 10.7. The second-order valence-electron chi connectivity index (χ2n) is 4.32. The number of rotatable bonds is 6. The highest BCUT2D eigenvalue weighted by Crippen LogP contribution is 2.25. The van der Waals surface area contributed by atoms with E-state index in [1.807, 2.05) is 6.20 Å². The van der Waals surface area contributed by atoms with E-state index in [1.54, 1.807) is 18.0 Å². The molecule has 3 N–H and O–H groups in total. The maximum atomic E-state index is 9.38. The second-order valence-corrected chi connectivity index (χ2v) is 5.28. The van der Waals surface area contributed by atoms with Gasteiger partial charge in [-0.3, -0.25) is 0 Å². The van der Waals surface area contributed by atoms with Gasteiger partial charge in [0.1, 0.15) is 0 Å². The number of aromatic nitrogens is 2. The Labute approximate surface area is 93.9 Å². The van der Waals surface area contributed by atoms with Crippen LogP contribution in [-0.4, -0.2) is 39.0 Å². The van der Waals surface area contributed by atoms with Gasteiger partial charge in [-0.25, -0.2) is 4.98 Å². The highest BCUT2D eigenvalue weighted by molar-refractivity contribution is 7.99. The summed E-state index contributed by atoms with van der Waals surface area (Å²) in [5.41, 5.74) is -0.196. The zero-order valence-corrected chi connectivity index (χ0v) is 9.68. The van der Waals surface area contributed by atoms with Gasteiger partial charge in [-0.1, -0.05) is 11.8 Å². The van der Waals surface area contributed by atoms with E-state index in [2.05, 4.69) is 22.2 Å². The summed E-state index contributed by atoms with van der Waals surface area (Å²) in [6.07, 6.45) is 6.03. The van der Waals surface area contributed by atoms with Crippen LogP contribution in [0.15, 0.2) is 17.6 Å². The van der Waals surface area contributed by atoms with Crippen molar-refractivity contribution in [2.75, 3.05) is 12.4 Å². The largest absolute Gasteiger partial charge is 0.394 e. The number of nitrogens with zero attached hydrogens (tertiary/aromatic N) is 1. The van der Waals surface area contributed by atoms with Gasteiger partial charge in [0.15, 0.2) is 5.16 Å². The first kappa shape index (κ1) is 11.0. The molecule has 1 fully saturated rings. The van der Waals surface area contributed by atoms with Gasteiger partial charge in [0.25, 0.3) is 0 Å². The highest BCUT2D eigenvalue weighted by Gasteiger charge is 2.32. The van der Waals surface area contributed by atoms with Crippen LogP contribution in [0.3, 0.4) is 0 Å². The molecule has 0 radical (unpaired) electrons. The third kappa shape index (κ3) is 3.22. The lowest BCUT2D eigenvalue weighted by atomic mass is 10.1. The van der Waals surface area contributed by atoms with E-state index in [1.165, 1.54) is 12.8 Å². The first-order valence-electron chi connectivity index (χ1n) is 5.23. The van der Waals surface area contributed by atoms with E-state index >= 15 is 0 Å². The number of hydrogen-bond acceptors (Lipinski definition) is 4. The second kappa shape index (κ2) is 4.55. The fourth-order valence-corrected chi connectivity index (χ4v) is 2.33. The summed E-state index contributed by atoms with van der Waals surface area (Å²) in [6.45, 7) is 2.22. The van der Waals surface area contributed by atoms with Gasteiger partial charge >= 0.3 is 0 Å². The van der Waals surface area contributed by atoms with Gasteiger partial charge in [-0.2, -0.15) is 0 Å². The molecule has 0 aromatic carbocycles. The van der Waals surface area contributed by atoms with Crippen LogP contribution in [0.5, 0.6) is 0 Å². The Bertz CT molecular complexity index is 300. The van der Waals surface area contributed by atoms with Crippen molar-refractivity contribution in [2.45, 2.75) is 36.5 Å². The SMILES string of the molecule is CC(CO)(CSc1ncc[nH]1)NC1CC1. The molecule has 0 spiro atoms. The minimum Gasteiger partial charge on any atom is -0.394 e. The number of thioether (sulfide) groups is 1. The quantitative estimate of drug-likeness (QED) is 0.635. The molecule has 0 saturated heterocycles. The van der Waals surface area contributed by atoms with E-state index in [9.17, 15) is 5.11 Å². The van der Waals surface area contributed by atoms with Gasteiger partial charge in [0.05, 0.1) is 6.61 Å². The lowest BCUT2D eigenvalue weighted by molar-refractivity contribution is 0.190. The topological polar surface area (TPSA) is 60.9 Å². The van der Waals surface area contributed by atoms with E-state index in [0.717, 1.165) is 10.9 Å². The Hall–Kier alpha value is -0.520. The van der Waals surface area contributed by atoms with Gasteiger partial charge in [0, 0.05) is 29.7 Å². The normalized spacial score (nSPS) is 20.1. The van der Waals surface area contributed by atoms with Crippen molar-refractivity contribution >= 4 is 11.8 Å². The van der Waals surface area contributed by atoms with Crippen molar-refractivity contribution in [3.05, 3.63) is 12.4 Å². The molecule has 0 bridgehead atoms. The molecule has 1 aromatic heterocycles. The average molecular weight is 227 g/mol. The lowest BCUT2D eigenvalue weighted by Crippen LogP contribution is -2.49. The summed E-state index contributed by atoms with van der Waals surface area (Å²) in [6, 6.07) is 0.611. The van der Waals surface area contributed by atoms with Crippen LogP contribution in [0.2, 0.25) is 0 Å². The Morgan fingerprint density at radius 2 is 2.53 bits per heavy atom. The van der Waals surface area contributed by atoms with Crippen LogP contribution in [-0.2, 0) is 0 Å². The molecule has 15 heavy (non-hydrogen) atoms. The third-order valence-corrected chi connectivity index (χ3v) is 3.76. The molecule has 1 aliphatic rings. The summed E-state index contributed by atoms with van der Waals surface area (Å²) < 4.78 is 0. The van der Waals surface area contributed by atoms with Crippen molar-refractivity contribution in [1.82, 2.24) is 15.3 Å². The van der Waals surface area contributed by atoms with Crippen molar-refractivity contribution in [1.29, 1.82) is 0 Å². The maximum absolute atomic E-state index is 9.38. The minimum absolute atomic E-state index is 0.164. The predicted octanol–water partition coefficient (Wildman–Crippen LogP) is 1.00. The molecule has 1 heterocycles. The van der Waals surface area contributed by atoms with E-state index < -0.39 is 0 Å². The first-order chi connectivity index (χ1) is 7.22. The standard InChI is InChI=1S/C10H17N3OS/c1-10(6-14,13-8-2-3-8)7-15-9-11-4-5-12-9/h4-5,8,13-14H,2-3,6-7H2,1H3,(H,11,12). The van der Waals surface area contributed by atoms with E-state index in [-0.39, 0.29) is 12.1 Å². The Balaban J connectivity index is 1.83. The van der Waals surface area contributed by atoms with E-state index in [0.29, 0.717) is 6.04 Å². The summed E-state index contributed by atoms with van der Waals surface area (Å²) in [5.74, 6) is 0.827. The Morgan fingerprint density at radius 3 is 3.07 bits per heavy atom. The molecule has 2 rings (SSSR count). The van der Waals surface area contributed by atoms with Gasteiger partial charge < -0.3 is 15.4 Å². The molecule has 1 unspecified atom stereocenters. The summed E-state index contributed by atoms with van der Waals surface area (Å²) in [7, 11) is 0. The molecule has 0 amide bonds. The number of aromatic amines is 1. The fourth-order valence-electron chi connectivity index (χ4n) is 1.41. The molecular formula is C10H17N3OS. The zero-order valence-electron chi connectivity index (χ0n) is 8.86. The van der Waals surface area contributed by atoms with Gasteiger partial charge in [-0.05, 0) is 19.8 Å². The van der Waals surface area contributed by atoms with Crippen molar-refractivity contribution in [3.63, 3.8) is 0 Å². The highest BCUT2D eigenvalue weighted by atomic mass is 32.2. The number of aliphatic hydroxyl groups excluding tert-OH is 1. The minimum atomic E-state index is -0.196. The fraction of sp³-hybridized carbons (Fsp3) is 0.700. The average Bonchev–Trinajstić information content (AvgIpc) is 2.88. The predicted molar refractivity (Wildman–Crippen MR) is 61.0 cm³/mol. The van der Waals surface area contributed by atoms with Crippen LogP contribution >= 0.6 is 11.8 Å². The molecule has 1 saturated carbocycles. The molecule has 1 aromatic rings. The molecule has 5 heteroatoms. The van der Waals surface area contributed by atoms with Gasteiger partial charge in [-0.15, -0.1) is 0 Å². The van der Waals surface area contributed by atoms with Crippen molar-refractivity contribution in [3.8, 4) is 0 Å². The molecule has 1 aliphatic carbocycles. The lowest BCUT2D eigenvalue weighted by Gasteiger charge is -2.28. The number of nitrogens with one attached hydrogen (secondary N) is 2. The number of imidazole rings is 1. The van der Waals surface area contributed by atoms with Gasteiger partial charge in [0.2, 0.25) is 0 Å². The molecule has 0 aliphatic heterocycles. The van der Waals surface area contributed by atoms with E-state index in [4.69, 9.17) is 0 Å². The van der Waals surface area contributed by atoms with Crippen molar-refractivity contribution in [2.24, 2.45) is 0 Å². The van der Waals surface area contributed by atoms with Crippen LogP contribution < -0.4 is 5.32 Å². The van der Waals surface area contributed by atoms with Crippen LogP contribution in [0.25, 0.3) is 0 Å². The van der Waals surface area contributed by atoms with Crippen molar-refractivity contribution < 1.29 is 5.11 Å². The molecular weight excluding hydrogens is 210 g/mol. The summed E-state index contributed by atoms with van der Waals surface area (Å²) in [4.78, 5) is 7.19. The summed E-state index contributed by atoms with van der Waals surface area (Å²) in [5, 5.41) is 13.8. The number of aliphatic hydroxyl groups is 1. The summed E-state index contributed by atoms with van der Waals surface area (Å²) >= 11 is 1.64. The van der Waals surface area contributed by atoms with Crippen LogP contribution in [0.4, 0.5) is 0 Å².